The number of rotatable bonds is 9. The van der Waals surface area contributed by atoms with Gasteiger partial charge in [-0.1, -0.05) is 49.5 Å². The zero-order valence-corrected chi connectivity index (χ0v) is 22.3. The maximum Gasteiger partial charge on any atom is 0.264 e. The molecule has 0 saturated carbocycles. The van der Waals surface area contributed by atoms with Gasteiger partial charge in [-0.2, -0.15) is 0 Å². The monoisotopic (exact) mass is 614 g/mol. The molecule has 174 valence electrons. The number of hydrogen-bond acceptors (Lipinski definition) is 4. The van der Waals surface area contributed by atoms with Crippen molar-refractivity contribution in [1.82, 2.24) is 5.32 Å². The van der Waals surface area contributed by atoms with Crippen molar-refractivity contribution in [2.24, 2.45) is 0 Å². The van der Waals surface area contributed by atoms with Crippen molar-refractivity contribution >= 4 is 65.1 Å². The second-order valence-electron chi connectivity index (χ2n) is 7.04. The molecule has 33 heavy (non-hydrogen) atoms. The first-order valence-corrected chi connectivity index (χ1v) is 13.2. The third-order valence-corrected chi connectivity index (χ3v) is 7.67. The zero-order chi connectivity index (χ0) is 24.0. The van der Waals surface area contributed by atoms with Crippen LogP contribution in [0.1, 0.15) is 12.0 Å². The molecule has 1 N–H and O–H groups in total. The molecular formula is C23H21Br2ClN2O4S. The highest BCUT2D eigenvalue weighted by Crippen LogP contribution is 2.27. The van der Waals surface area contributed by atoms with E-state index in [0.717, 1.165) is 14.5 Å². The van der Waals surface area contributed by atoms with E-state index in [4.69, 9.17) is 16.3 Å². The molecule has 0 saturated heterocycles. The van der Waals surface area contributed by atoms with Gasteiger partial charge in [0.1, 0.15) is 5.75 Å². The molecule has 10 heteroatoms. The van der Waals surface area contributed by atoms with Crippen LogP contribution in [0.5, 0.6) is 5.75 Å². The van der Waals surface area contributed by atoms with Crippen molar-refractivity contribution in [3.05, 3.63) is 86.3 Å². The fourth-order valence-corrected chi connectivity index (χ4v) is 6.25. The predicted molar refractivity (Wildman–Crippen MR) is 137 cm³/mol. The molecule has 0 radical (unpaired) electrons. The number of ether oxygens (including phenoxy) is 1. The number of sulfonamides is 1. The summed E-state index contributed by atoms with van der Waals surface area (Å²) in [7, 11) is -2.42. The van der Waals surface area contributed by atoms with Gasteiger partial charge in [-0.25, -0.2) is 8.42 Å². The Morgan fingerprint density at radius 1 is 1.03 bits per heavy atom. The molecule has 0 aliphatic heterocycles. The topological polar surface area (TPSA) is 75.7 Å². The molecule has 3 aromatic rings. The van der Waals surface area contributed by atoms with Crippen LogP contribution in [0.4, 0.5) is 5.69 Å². The molecule has 0 heterocycles. The Hall–Kier alpha value is -2.07. The lowest BCUT2D eigenvalue weighted by atomic mass is 10.2. The van der Waals surface area contributed by atoms with E-state index in [-0.39, 0.29) is 23.8 Å². The van der Waals surface area contributed by atoms with E-state index < -0.39 is 10.0 Å². The Balaban J connectivity index is 1.78. The average molecular weight is 617 g/mol. The number of methoxy groups -OCH3 is 1. The number of hydrogen-bond donors (Lipinski definition) is 1. The number of anilines is 1. The van der Waals surface area contributed by atoms with Gasteiger partial charge < -0.3 is 10.1 Å². The van der Waals surface area contributed by atoms with Crippen molar-refractivity contribution in [2.45, 2.75) is 17.9 Å². The molecule has 3 aromatic carbocycles. The van der Waals surface area contributed by atoms with E-state index in [1.54, 1.807) is 36.4 Å². The van der Waals surface area contributed by atoms with Crippen molar-refractivity contribution in [1.29, 1.82) is 0 Å². The molecule has 0 aliphatic rings. The molecule has 0 unspecified atom stereocenters. The number of carbonyl (C=O) groups excluding carboxylic acids is 1. The Morgan fingerprint density at radius 3 is 2.30 bits per heavy atom. The maximum absolute atomic E-state index is 13.4. The van der Waals surface area contributed by atoms with E-state index >= 15 is 0 Å². The lowest BCUT2D eigenvalue weighted by Crippen LogP contribution is -2.35. The van der Waals surface area contributed by atoms with E-state index in [2.05, 4.69) is 37.2 Å². The number of carbonyl (C=O) groups is 1. The second-order valence-corrected chi connectivity index (χ2v) is 11.2. The molecule has 1 amide bonds. The number of benzene rings is 3. The van der Waals surface area contributed by atoms with Gasteiger partial charge in [-0.3, -0.25) is 9.10 Å². The normalized spacial score (nSPS) is 11.2. The lowest BCUT2D eigenvalue weighted by molar-refractivity contribution is -0.121. The van der Waals surface area contributed by atoms with Crippen LogP contribution in [0.15, 0.2) is 80.6 Å². The molecular weight excluding hydrogens is 596 g/mol. The Kier molecular flexibility index (Phi) is 8.81. The van der Waals surface area contributed by atoms with Gasteiger partial charge in [0.2, 0.25) is 5.91 Å². The average Bonchev–Trinajstić information content (AvgIpc) is 2.77. The first-order chi connectivity index (χ1) is 15.7. The van der Waals surface area contributed by atoms with Crippen LogP contribution >= 0.6 is 43.5 Å². The van der Waals surface area contributed by atoms with Gasteiger partial charge in [0, 0.05) is 33.5 Å². The van der Waals surface area contributed by atoms with E-state index in [1.165, 1.54) is 23.5 Å². The largest absolute Gasteiger partial charge is 0.497 e. The number of amides is 1. The quantitative estimate of drug-likeness (QED) is 0.331. The fraction of sp³-hybridized carbons (Fsp3) is 0.174. The minimum atomic E-state index is -3.95. The lowest BCUT2D eigenvalue weighted by Gasteiger charge is -2.24. The van der Waals surface area contributed by atoms with Gasteiger partial charge in [-0.15, -0.1) is 0 Å². The summed E-state index contributed by atoms with van der Waals surface area (Å²) in [6, 6.07) is 18.4. The first kappa shape index (κ1) is 25.6. The predicted octanol–water partition coefficient (Wildman–Crippen LogP) is 5.78. The Bertz CT molecular complexity index is 1220. The minimum Gasteiger partial charge on any atom is -0.497 e. The highest BCUT2D eigenvalue weighted by Gasteiger charge is 2.26. The van der Waals surface area contributed by atoms with Gasteiger partial charge in [-0.05, 0) is 66.2 Å². The van der Waals surface area contributed by atoms with Crippen LogP contribution in [0.2, 0.25) is 5.02 Å². The highest BCUT2D eigenvalue weighted by atomic mass is 79.9. The van der Waals surface area contributed by atoms with E-state index in [0.29, 0.717) is 23.0 Å². The fourth-order valence-electron chi connectivity index (χ4n) is 3.10. The van der Waals surface area contributed by atoms with Crippen LogP contribution < -0.4 is 14.4 Å². The summed E-state index contributed by atoms with van der Waals surface area (Å²) in [6.45, 7) is 0.273. The number of halogens is 3. The number of nitrogens with zero attached hydrogens (tertiary/aromatic N) is 1. The molecule has 0 spiro atoms. The van der Waals surface area contributed by atoms with Crippen LogP contribution in [0.25, 0.3) is 0 Å². The van der Waals surface area contributed by atoms with Crippen LogP contribution in [-0.4, -0.2) is 28.0 Å². The maximum atomic E-state index is 13.4. The van der Waals surface area contributed by atoms with Crippen LogP contribution in [0.3, 0.4) is 0 Å². The van der Waals surface area contributed by atoms with Gasteiger partial charge in [0.15, 0.2) is 0 Å². The Labute approximate surface area is 215 Å². The summed E-state index contributed by atoms with van der Waals surface area (Å²) in [5.74, 6) is 0.322. The summed E-state index contributed by atoms with van der Waals surface area (Å²) < 4.78 is 34.9. The molecule has 0 aromatic heterocycles. The summed E-state index contributed by atoms with van der Waals surface area (Å²) in [5, 5.41) is 3.14. The van der Waals surface area contributed by atoms with Crippen molar-refractivity contribution in [2.75, 3.05) is 18.0 Å². The molecule has 3 rings (SSSR count). The van der Waals surface area contributed by atoms with E-state index in [1.807, 2.05) is 18.2 Å². The van der Waals surface area contributed by atoms with Gasteiger partial charge in [0.05, 0.1) is 17.7 Å². The third-order valence-electron chi connectivity index (χ3n) is 4.70. The molecule has 6 nitrogen and oxygen atoms in total. The Morgan fingerprint density at radius 2 is 1.70 bits per heavy atom. The molecule has 0 bridgehead atoms. The highest BCUT2D eigenvalue weighted by molar-refractivity contribution is 9.11. The minimum absolute atomic E-state index is 0.0268. The van der Waals surface area contributed by atoms with Crippen LogP contribution in [0, 0.1) is 0 Å². The molecule has 0 fully saturated rings. The third kappa shape index (κ3) is 6.96. The summed E-state index contributed by atoms with van der Waals surface area (Å²) in [5.41, 5.74) is 1.32. The summed E-state index contributed by atoms with van der Waals surface area (Å²) >= 11 is 12.9. The molecule has 0 aliphatic carbocycles. The van der Waals surface area contributed by atoms with Crippen molar-refractivity contribution in [3.63, 3.8) is 0 Å². The zero-order valence-electron chi connectivity index (χ0n) is 17.6. The van der Waals surface area contributed by atoms with Crippen molar-refractivity contribution < 1.29 is 17.9 Å². The summed E-state index contributed by atoms with van der Waals surface area (Å²) in [6.07, 6.45) is -0.0268. The van der Waals surface area contributed by atoms with Gasteiger partial charge >= 0.3 is 0 Å². The summed E-state index contributed by atoms with van der Waals surface area (Å²) in [4.78, 5) is 12.6. The van der Waals surface area contributed by atoms with Gasteiger partial charge in [0.25, 0.3) is 10.0 Å². The molecule has 0 atom stereocenters. The SMILES string of the molecule is COc1ccc(N(CCC(=O)NCc2cc(Br)cc(Br)c2)S(=O)(=O)c2cccc(Cl)c2)cc1. The number of nitrogens with one attached hydrogen (secondary N) is 1. The van der Waals surface area contributed by atoms with E-state index in [9.17, 15) is 13.2 Å². The van der Waals surface area contributed by atoms with Crippen molar-refractivity contribution in [3.8, 4) is 5.75 Å². The van der Waals surface area contributed by atoms with Crippen LogP contribution in [-0.2, 0) is 21.4 Å². The second kappa shape index (κ2) is 11.4. The first-order valence-electron chi connectivity index (χ1n) is 9.83. The standard InChI is InChI=1S/C23H21Br2ClN2O4S/c1-32-21-7-5-20(6-8-21)28(33(30,31)22-4-2-3-19(26)14-22)10-9-23(29)27-15-16-11-17(24)13-18(25)12-16/h2-8,11-14H,9-10,15H2,1H3,(H,27,29). The smallest absolute Gasteiger partial charge is 0.264 e.